The Balaban J connectivity index is 1.32. The molecule has 31 heavy (non-hydrogen) atoms. The van der Waals surface area contributed by atoms with Gasteiger partial charge in [0.25, 0.3) is 0 Å². The van der Waals surface area contributed by atoms with E-state index in [1.165, 1.54) is 69.2 Å². The lowest BCUT2D eigenvalue weighted by molar-refractivity contribution is -0.0936. The number of benzene rings is 1. The topological polar surface area (TPSA) is 28.0 Å². The van der Waals surface area contributed by atoms with E-state index in [0.29, 0.717) is 5.41 Å². The van der Waals surface area contributed by atoms with Crippen LogP contribution in [0.1, 0.15) is 83.6 Å². The fraction of sp³-hybridized carbons (Fsp3) is 0.714. The monoisotopic (exact) mass is 419 g/mol. The van der Waals surface area contributed by atoms with Gasteiger partial charge in [-0.3, -0.25) is 0 Å². The molecule has 3 nitrogen and oxygen atoms in total. The Kier molecular flexibility index (Phi) is 5.51. The van der Waals surface area contributed by atoms with Gasteiger partial charge in [-0.05, 0) is 98.1 Å². The highest BCUT2D eigenvalue weighted by Gasteiger charge is 2.58. The molecule has 5 rings (SSSR count). The van der Waals surface area contributed by atoms with Crippen LogP contribution in [0.2, 0.25) is 0 Å². The molecule has 0 saturated heterocycles. The summed E-state index contributed by atoms with van der Waals surface area (Å²) in [4.78, 5) is 2.12. The summed E-state index contributed by atoms with van der Waals surface area (Å²) in [6.45, 7) is 5.20. The molecule has 4 aliphatic rings. The summed E-state index contributed by atoms with van der Waals surface area (Å²) in [6, 6.07) is 8.55. The van der Waals surface area contributed by atoms with Crippen molar-refractivity contribution in [2.24, 2.45) is 44.7 Å². The van der Waals surface area contributed by atoms with Crippen molar-refractivity contribution in [2.75, 3.05) is 19.0 Å². The summed E-state index contributed by atoms with van der Waals surface area (Å²) in [7, 11) is 4.14. The van der Waals surface area contributed by atoms with Crippen molar-refractivity contribution in [3.63, 3.8) is 0 Å². The first kappa shape index (κ1) is 21.2. The van der Waals surface area contributed by atoms with Crippen molar-refractivity contribution in [3.8, 4) is 0 Å². The molecule has 0 N–H and O–H groups in total. The first-order valence-electron chi connectivity index (χ1n) is 12.8. The van der Waals surface area contributed by atoms with E-state index in [2.05, 4.69) is 62.2 Å². The van der Waals surface area contributed by atoms with Gasteiger partial charge >= 0.3 is 0 Å². The zero-order valence-corrected chi connectivity index (χ0v) is 20.1. The molecule has 3 heteroatoms. The zero-order valence-electron chi connectivity index (χ0n) is 20.1. The molecule has 4 saturated carbocycles. The highest BCUT2D eigenvalue weighted by molar-refractivity contribution is 5.93. The van der Waals surface area contributed by atoms with Crippen molar-refractivity contribution in [3.05, 3.63) is 29.8 Å². The SMILES string of the molecule is CN(C)c1ccc(/C=N\N=C2\CC[C@@H]3[C@@H]4CC[C@@H]5CCCC[C@]5(C)[C@H]4CC[C@]23C)cc1. The first-order chi connectivity index (χ1) is 14.9. The molecule has 4 fully saturated rings. The van der Waals surface area contributed by atoms with Gasteiger partial charge in [0.2, 0.25) is 0 Å². The van der Waals surface area contributed by atoms with Gasteiger partial charge < -0.3 is 4.90 Å². The number of fused-ring (bicyclic) bond motifs is 5. The van der Waals surface area contributed by atoms with Crippen LogP contribution in [-0.2, 0) is 0 Å². The van der Waals surface area contributed by atoms with Gasteiger partial charge in [0.1, 0.15) is 0 Å². The Morgan fingerprint density at radius 2 is 1.71 bits per heavy atom. The molecule has 1 aromatic carbocycles. The number of anilines is 1. The zero-order chi connectivity index (χ0) is 21.6. The second-order valence-electron chi connectivity index (χ2n) is 11.7. The van der Waals surface area contributed by atoms with Crippen LogP contribution in [-0.4, -0.2) is 26.0 Å². The van der Waals surface area contributed by atoms with E-state index in [1.807, 2.05) is 6.21 Å². The van der Waals surface area contributed by atoms with E-state index in [4.69, 9.17) is 5.10 Å². The maximum atomic E-state index is 4.84. The fourth-order valence-electron chi connectivity index (χ4n) is 8.27. The summed E-state index contributed by atoms with van der Waals surface area (Å²) in [5.41, 5.74) is 4.63. The molecule has 0 unspecified atom stereocenters. The Morgan fingerprint density at radius 3 is 2.48 bits per heavy atom. The van der Waals surface area contributed by atoms with Gasteiger partial charge in [0.15, 0.2) is 0 Å². The molecule has 4 aliphatic carbocycles. The van der Waals surface area contributed by atoms with E-state index in [0.717, 1.165) is 35.7 Å². The lowest BCUT2D eigenvalue weighted by Crippen LogP contribution is -2.52. The van der Waals surface area contributed by atoms with Gasteiger partial charge in [-0.25, -0.2) is 0 Å². The summed E-state index contributed by atoms with van der Waals surface area (Å²) in [5.74, 6) is 3.72. The van der Waals surface area contributed by atoms with Crippen LogP contribution in [0.25, 0.3) is 0 Å². The van der Waals surface area contributed by atoms with Crippen LogP contribution >= 0.6 is 0 Å². The van der Waals surface area contributed by atoms with E-state index in [1.54, 1.807) is 0 Å². The van der Waals surface area contributed by atoms with Crippen LogP contribution in [0.4, 0.5) is 5.69 Å². The van der Waals surface area contributed by atoms with Crippen LogP contribution in [0, 0.1) is 34.5 Å². The van der Waals surface area contributed by atoms with Crippen LogP contribution in [0.15, 0.2) is 34.5 Å². The number of hydrogen-bond donors (Lipinski definition) is 0. The molecule has 6 atom stereocenters. The third-order valence-corrected chi connectivity index (χ3v) is 10.1. The second-order valence-corrected chi connectivity index (χ2v) is 11.7. The quantitative estimate of drug-likeness (QED) is 0.384. The standard InChI is InChI=1S/C28H41N3/c1-27-17-6-5-7-21(27)10-13-23-24-14-15-26(28(24,2)18-16-25(23)27)30-29-19-20-8-11-22(12-9-20)31(3)4/h8-9,11-12,19,21,23-25H,5-7,10,13-18H2,1-4H3/b29-19-,30-26-/t21-,23-,24+,25-,27-,28-/m0/s1. The smallest absolute Gasteiger partial charge is 0.0568 e. The molecular formula is C28H41N3. The molecule has 0 aromatic heterocycles. The second kappa shape index (κ2) is 8.05. The number of rotatable bonds is 3. The third kappa shape index (κ3) is 3.56. The average molecular weight is 420 g/mol. The number of nitrogens with zero attached hydrogens (tertiary/aromatic N) is 3. The molecule has 0 radical (unpaired) electrons. The van der Waals surface area contributed by atoms with E-state index >= 15 is 0 Å². The molecule has 1 aromatic rings. The fourth-order valence-corrected chi connectivity index (χ4v) is 8.27. The highest BCUT2D eigenvalue weighted by atomic mass is 15.2. The Labute approximate surface area is 189 Å². The summed E-state index contributed by atoms with van der Waals surface area (Å²) in [6.07, 6.45) is 16.1. The van der Waals surface area contributed by atoms with Gasteiger partial charge in [-0.1, -0.05) is 38.8 Å². The van der Waals surface area contributed by atoms with E-state index < -0.39 is 0 Å². The van der Waals surface area contributed by atoms with Gasteiger partial charge in [0.05, 0.1) is 6.21 Å². The van der Waals surface area contributed by atoms with Crippen molar-refractivity contribution >= 4 is 17.6 Å². The normalized spacial score (nSPS) is 41.1. The molecule has 0 aliphatic heterocycles. The third-order valence-electron chi connectivity index (χ3n) is 10.1. The van der Waals surface area contributed by atoms with Crippen LogP contribution in [0.5, 0.6) is 0 Å². The minimum Gasteiger partial charge on any atom is -0.378 e. The molecule has 0 heterocycles. The van der Waals surface area contributed by atoms with Crippen LogP contribution < -0.4 is 4.90 Å². The maximum Gasteiger partial charge on any atom is 0.0568 e. The van der Waals surface area contributed by atoms with Gasteiger partial charge in [-0.2, -0.15) is 10.2 Å². The predicted molar refractivity (Wildman–Crippen MR) is 132 cm³/mol. The molecular weight excluding hydrogens is 378 g/mol. The minimum absolute atomic E-state index is 0.283. The van der Waals surface area contributed by atoms with Crippen LogP contribution in [0.3, 0.4) is 0 Å². The van der Waals surface area contributed by atoms with E-state index in [9.17, 15) is 0 Å². The van der Waals surface area contributed by atoms with E-state index in [-0.39, 0.29) is 5.41 Å². The molecule has 0 spiro atoms. The molecule has 0 amide bonds. The lowest BCUT2D eigenvalue weighted by atomic mass is 9.45. The summed E-state index contributed by atoms with van der Waals surface area (Å²) < 4.78 is 0. The largest absolute Gasteiger partial charge is 0.378 e. The predicted octanol–water partition coefficient (Wildman–Crippen LogP) is 6.96. The maximum absolute atomic E-state index is 4.84. The average Bonchev–Trinajstić information content (AvgIpc) is 3.10. The Bertz CT molecular complexity index is 854. The highest BCUT2D eigenvalue weighted by Crippen LogP contribution is 2.65. The van der Waals surface area contributed by atoms with Gasteiger partial charge in [-0.15, -0.1) is 0 Å². The van der Waals surface area contributed by atoms with Crippen molar-refractivity contribution < 1.29 is 0 Å². The van der Waals surface area contributed by atoms with Gasteiger partial charge in [0, 0.05) is 30.9 Å². The lowest BCUT2D eigenvalue weighted by Gasteiger charge is -2.59. The Hall–Kier alpha value is -1.64. The summed E-state index contributed by atoms with van der Waals surface area (Å²) in [5, 5.41) is 9.41. The number of hydrogen-bond acceptors (Lipinski definition) is 3. The first-order valence-corrected chi connectivity index (χ1v) is 12.8. The van der Waals surface area contributed by atoms with Crippen molar-refractivity contribution in [2.45, 2.75) is 78.1 Å². The minimum atomic E-state index is 0.283. The van der Waals surface area contributed by atoms with Crippen molar-refractivity contribution in [1.29, 1.82) is 0 Å². The Morgan fingerprint density at radius 1 is 0.903 bits per heavy atom. The summed E-state index contributed by atoms with van der Waals surface area (Å²) >= 11 is 0. The molecule has 0 bridgehead atoms. The molecule has 168 valence electrons. The van der Waals surface area contributed by atoms with Crippen molar-refractivity contribution in [1.82, 2.24) is 0 Å².